The van der Waals surface area contributed by atoms with E-state index in [1.165, 1.54) is 0 Å². The van der Waals surface area contributed by atoms with Gasteiger partial charge in [0.2, 0.25) is 0 Å². The molecule has 7 nitrogen and oxygen atoms in total. The van der Waals surface area contributed by atoms with Crippen molar-refractivity contribution in [3.05, 3.63) is 84.6 Å². The van der Waals surface area contributed by atoms with Gasteiger partial charge in [-0.25, -0.2) is 0 Å². The highest BCUT2D eigenvalue weighted by atomic mass is 32.1. The van der Waals surface area contributed by atoms with Crippen LogP contribution < -0.4 is 25.4 Å². The monoisotopic (exact) mass is 500 g/mol. The van der Waals surface area contributed by atoms with E-state index < -0.39 is 0 Å². The normalized spacial score (nSPS) is 10.6. The highest BCUT2D eigenvalue weighted by Gasteiger charge is 2.10. The molecule has 0 atom stereocenters. The van der Waals surface area contributed by atoms with Gasteiger partial charge in [-0.3, -0.25) is 9.78 Å². The van der Waals surface area contributed by atoms with E-state index >= 15 is 0 Å². The van der Waals surface area contributed by atoms with E-state index in [-0.39, 0.29) is 12.3 Å². The Labute approximate surface area is 215 Å². The fraction of sp³-hybridized carbons (Fsp3) is 0.179. The number of hydrogen-bond donors (Lipinski definition) is 3. The van der Waals surface area contributed by atoms with Crippen LogP contribution in [0, 0.1) is 0 Å². The van der Waals surface area contributed by atoms with E-state index in [4.69, 9.17) is 21.7 Å². The van der Waals surface area contributed by atoms with Crippen molar-refractivity contribution in [3.8, 4) is 11.5 Å². The van der Waals surface area contributed by atoms with Crippen LogP contribution in [0.15, 0.2) is 79.0 Å². The predicted octanol–water partition coefficient (Wildman–Crippen LogP) is 5.14. The highest BCUT2D eigenvalue weighted by Crippen LogP contribution is 2.35. The molecule has 1 aromatic heterocycles. The van der Waals surface area contributed by atoms with Crippen molar-refractivity contribution < 1.29 is 14.3 Å². The molecule has 36 heavy (non-hydrogen) atoms. The summed E-state index contributed by atoms with van der Waals surface area (Å²) in [5.74, 6) is 1.40. The molecule has 0 radical (unpaired) electrons. The van der Waals surface area contributed by atoms with Gasteiger partial charge in [-0.1, -0.05) is 42.5 Å². The summed E-state index contributed by atoms with van der Waals surface area (Å²) in [6.07, 6.45) is 2.16. The molecule has 0 saturated carbocycles. The quantitative estimate of drug-likeness (QED) is 0.244. The molecule has 3 aromatic carbocycles. The maximum absolute atomic E-state index is 12.1. The smallest absolute Gasteiger partial charge is 0.162 e. The van der Waals surface area contributed by atoms with Crippen LogP contribution in [0.4, 0.5) is 17.1 Å². The van der Waals surface area contributed by atoms with Gasteiger partial charge in [-0.05, 0) is 42.0 Å². The third-order valence-electron chi connectivity index (χ3n) is 5.55. The molecule has 4 aromatic rings. The Kier molecular flexibility index (Phi) is 8.44. The third kappa shape index (κ3) is 6.56. The van der Waals surface area contributed by atoms with Gasteiger partial charge in [0, 0.05) is 47.7 Å². The van der Waals surface area contributed by atoms with Gasteiger partial charge < -0.3 is 25.4 Å². The number of hydrogen-bond acceptors (Lipinski definition) is 7. The Bertz CT molecular complexity index is 1340. The number of nitrogens with zero attached hydrogens (tertiary/aromatic N) is 1. The zero-order valence-corrected chi connectivity index (χ0v) is 21.0. The Morgan fingerprint density at radius 2 is 1.58 bits per heavy atom. The van der Waals surface area contributed by atoms with Crippen LogP contribution in [0.1, 0.15) is 5.56 Å². The van der Waals surface area contributed by atoms with Crippen molar-refractivity contribution in [1.29, 1.82) is 0 Å². The molecule has 0 unspecified atom stereocenters. The van der Waals surface area contributed by atoms with Crippen molar-refractivity contribution in [2.45, 2.75) is 6.42 Å². The number of benzene rings is 3. The molecular weight excluding hydrogens is 472 g/mol. The largest absolute Gasteiger partial charge is 0.493 e. The van der Waals surface area contributed by atoms with E-state index in [2.05, 4.69) is 20.9 Å². The van der Waals surface area contributed by atoms with Crippen molar-refractivity contribution >= 4 is 51.0 Å². The molecule has 0 amide bonds. The van der Waals surface area contributed by atoms with Gasteiger partial charge in [-0.2, -0.15) is 0 Å². The summed E-state index contributed by atoms with van der Waals surface area (Å²) in [6, 6.07) is 23.2. The summed E-state index contributed by atoms with van der Waals surface area (Å²) in [5, 5.41) is 10.7. The summed E-state index contributed by atoms with van der Waals surface area (Å²) in [4.78, 5) is 17.2. The van der Waals surface area contributed by atoms with Gasteiger partial charge in [0.25, 0.3) is 0 Å². The Hall–Kier alpha value is -4.01. The van der Waals surface area contributed by atoms with E-state index in [1.54, 1.807) is 20.4 Å². The second-order valence-electron chi connectivity index (χ2n) is 8.14. The molecule has 8 heteroatoms. The minimum atomic E-state index is 0.124. The van der Waals surface area contributed by atoms with Crippen molar-refractivity contribution in [2.75, 3.05) is 37.9 Å². The molecular formula is C28H28N4O3S. The minimum Gasteiger partial charge on any atom is -0.493 e. The molecule has 0 fully saturated rings. The Balaban J connectivity index is 1.31. The van der Waals surface area contributed by atoms with E-state index in [0.717, 1.165) is 33.5 Å². The summed E-state index contributed by atoms with van der Waals surface area (Å²) in [5.41, 5.74) is 4.50. The lowest BCUT2D eigenvalue weighted by molar-refractivity contribution is -0.117. The first-order valence-corrected chi connectivity index (χ1v) is 11.9. The second kappa shape index (κ2) is 12.1. The number of thiocarbonyl (C=S) groups is 1. The molecule has 1 heterocycles. The number of ketones is 1. The minimum absolute atomic E-state index is 0.124. The van der Waals surface area contributed by atoms with Crippen LogP contribution >= 0.6 is 12.2 Å². The van der Waals surface area contributed by atoms with E-state index in [1.807, 2.05) is 72.8 Å². The molecule has 0 spiro atoms. The molecule has 0 aliphatic carbocycles. The SMILES string of the molecule is COc1cc2nccc(Nc3ccc(NC(=S)CNCC(=O)Cc4ccccc4)cc3)c2cc1OC. The first-order chi connectivity index (χ1) is 17.6. The molecule has 0 aliphatic heterocycles. The van der Waals surface area contributed by atoms with Crippen LogP contribution in [-0.4, -0.2) is 43.1 Å². The van der Waals surface area contributed by atoms with Gasteiger partial charge in [0.05, 0.1) is 31.3 Å². The van der Waals surface area contributed by atoms with Crippen molar-refractivity contribution in [2.24, 2.45) is 0 Å². The highest BCUT2D eigenvalue weighted by molar-refractivity contribution is 7.80. The van der Waals surface area contributed by atoms with Crippen LogP contribution in [0.2, 0.25) is 0 Å². The van der Waals surface area contributed by atoms with Crippen molar-refractivity contribution in [3.63, 3.8) is 0 Å². The average Bonchev–Trinajstić information content (AvgIpc) is 2.89. The van der Waals surface area contributed by atoms with Crippen molar-refractivity contribution in [1.82, 2.24) is 10.3 Å². The van der Waals surface area contributed by atoms with E-state index in [0.29, 0.717) is 29.5 Å². The lowest BCUT2D eigenvalue weighted by atomic mass is 10.1. The van der Waals surface area contributed by atoms with Gasteiger partial charge in [0.15, 0.2) is 17.3 Å². The fourth-order valence-electron chi connectivity index (χ4n) is 3.78. The maximum atomic E-state index is 12.1. The average molecular weight is 501 g/mol. The van der Waals surface area contributed by atoms with Crippen LogP contribution in [0.25, 0.3) is 10.9 Å². The van der Waals surface area contributed by atoms with Gasteiger partial charge >= 0.3 is 0 Å². The topological polar surface area (TPSA) is 84.5 Å². The van der Waals surface area contributed by atoms with E-state index in [9.17, 15) is 4.79 Å². The molecule has 3 N–H and O–H groups in total. The Morgan fingerprint density at radius 3 is 2.31 bits per heavy atom. The number of methoxy groups -OCH3 is 2. The summed E-state index contributed by atoms with van der Waals surface area (Å²) >= 11 is 5.42. The predicted molar refractivity (Wildman–Crippen MR) is 149 cm³/mol. The number of rotatable bonds is 11. The first-order valence-electron chi connectivity index (χ1n) is 11.5. The standard InChI is InChI=1S/C28H28N4O3S/c1-34-26-15-23-24(12-13-30-25(23)16-27(26)35-2)31-20-8-10-21(11-9-20)32-28(36)18-29-17-22(33)14-19-6-4-3-5-7-19/h3-13,15-16,29H,14,17-18H2,1-2H3,(H,30,31)(H,32,36). The number of pyridine rings is 1. The van der Waals surface area contributed by atoms with Crippen LogP contribution in [-0.2, 0) is 11.2 Å². The lowest BCUT2D eigenvalue weighted by Gasteiger charge is -2.14. The first kappa shape index (κ1) is 25.1. The van der Waals surface area contributed by atoms with Gasteiger partial charge in [0.1, 0.15) is 0 Å². The number of Topliss-reactive ketones (excluding diaryl/α,β-unsaturated/α-hetero) is 1. The third-order valence-corrected chi connectivity index (χ3v) is 5.79. The fourth-order valence-corrected chi connectivity index (χ4v) is 4.00. The number of fused-ring (bicyclic) bond motifs is 1. The number of ether oxygens (including phenoxy) is 2. The number of aromatic nitrogens is 1. The Morgan fingerprint density at radius 1 is 0.889 bits per heavy atom. The maximum Gasteiger partial charge on any atom is 0.162 e. The zero-order chi connectivity index (χ0) is 25.3. The summed E-state index contributed by atoms with van der Waals surface area (Å²) in [7, 11) is 3.22. The number of nitrogens with one attached hydrogen (secondary N) is 3. The molecule has 4 rings (SSSR count). The van der Waals surface area contributed by atoms with Gasteiger partial charge in [-0.15, -0.1) is 0 Å². The van der Waals surface area contributed by atoms with Crippen LogP contribution in [0.3, 0.4) is 0 Å². The molecule has 0 bridgehead atoms. The number of carbonyl (C=O) groups is 1. The second-order valence-corrected chi connectivity index (χ2v) is 8.63. The molecule has 0 saturated heterocycles. The zero-order valence-electron chi connectivity index (χ0n) is 20.2. The molecule has 184 valence electrons. The number of anilines is 3. The summed E-state index contributed by atoms with van der Waals surface area (Å²) < 4.78 is 10.8. The van der Waals surface area contributed by atoms with Crippen LogP contribution in [0.5, 0.6) is 11.5 Å². The summed E-state index contributed by atoms with van der Waals surface area (Å²) in [6.45, 7) is 0.695. The molecule has 0 aliphatic rings. The number of carbonyl (C=O) groups excluding carboxylic acids is 1. The lowest BCUT2D eigenvalue weighted by Crippen LogP contribution is -2.31.